The molecular formula is C34H43ClN2. The van der Waals surface area contributed by atoms with E-state index < -0.39 is 0 Å². The molecule has 1 aliphatic carbocycles. The van der Waals surface area contributed by atoms with Gasteiger partial charge in [-0.25, -0.2) is 0 Å². The highest BCUT2D eigenvalue weighted by atomic mass is 35.5. The van der Waals surface area contributed by atoms with Crippen molar-refractivity contribution in [2.45, 2.75) is 64.7 Å². The Morgan fingerprint density at radius 2 is 1.73 bits per heavy atom. The lowest BCUT2D eigenvalue weighted by Crippen LogP contribution is -2.37. The predicted octanol–water partition coefficient (Wildman–Crippen LogP) is 9.16. The molecule has 1 aliphatic heterocycles. The van der Waals surface area contributed by atoms with Gasteiger partial charge in [0.05, 0.1) is 0 Å². The smallest absolute Gasteiger partial charge is 0.0469 e. The van der Waals surface area contributed by atoms with Crippen molar-refractivity contribution in [1.82, 2.24) is 0 Å². The van der Waals surface area contributed by atoms with Gasteiger partial charge in [-0.3, -0.25) is 0 Å². The van der Waals surface area contributed by atoms with E-state index in [-0.39, 0.29) is 10.8 Å². The van der Waals surface area contributed by atoms with Crippen LogP contribution in [0.25, 0.3) is 0 Å². The van der Waals surface area contributed by atoms with E-state index in [0.717, 1.165) is 30.8 Å². The minimum atomic E-state index is -0.00419. The van der Waals surface area contributed by atoms with E-state index in [1.165, 1.54) is 39.2 Å². The summed E-state index contributed by atoms with van der Waals surface area (Å²) in [7, 11) is 4.18. The van der Waals surface area contributed by atoms with E-state index in [4.69, 9.17) is 11.6 Å². The molecule has 0 radical (unpaired) electrons. The molecule has 37 heavy (non-hydrogen) atoms. The first kappa shape index (κ1) is 27.3. The van der Waals surface area contributed by atoms with Crippen LogP contribution in [-0.4, -0.2) is 20.6 Å². The predicted molar refractivity (Wildman–Crippen MR) is 163 cm³/mol. The van der Waals surface area contributed by atoms with Gasteiger partial charge in [0.1, 0.15) is 0 Å². The monoisotopic (exact) mass is 514 g/mol. The fourth-order valence-corrected chi connectivity index (χ4v) is 6.04. The number of anilines is 2. The molecule has 1 N–H and O–H groups in total. The summed E-state index contributed by atoms with van der Waals surface area (Å²) in [5, 5.41) is 4.29. The van der Waals surface area contributed by atoms with E-state index >= 15 is 0 Å². The van der Waals surface area contributed by atoms with Crippen LogP contribution in [0.1, 0.15) is 65.0 Å². The lowest BCUT2D eigenvalue weighted by atomic mass is 9.73. The van der Waals surface area contributed by atoms with Crippen molar-refractivity contribution in [3.8, 4) is 0 Å². The quantitative estimate of drug-likeness (QED) is 0.413. The highest BCUT2D eigenvalue weighted by Gasteiger charge is 2.33. The summed E-state index contributed by atoms with van der Waals surface area (Å²) in [5.74, 6) is 0.356. The fourth-order valence-electron chi connectivity index (χ4n) is 5.73. The number of halogens is 1. The van der Waals surface area contributed by atoms with Gasteiger partial charge in [-0.15, -0.1) is 0 Å². The zero-order valence-electron chi connectivity index (χ0n) is 23.7. The summed E-state index contributed by atoms with van der Waals surface area (Å²) in [4.78, 5) is 2.35. The van der Waals surface area contributed by atoms with Crippen molar-refractivity contribution in [2.24, 2.45) is 5.92 Å². The molecule has 0 aromatic heterocycles. The molecular weight excluding hydrogens is 472 g/mol. The molecule has 1 heterocycles. The van der Waals surface area contributed by atoms with Gasteiger partial charge < -0.3 is 10.2 Å². The molecule has 2 nitrogen and oxygen atoms in total. The van der Waals surface area contributed by atoms with Crippen molar-refractivity contribution < 1.29 is 0 Å². The number of allylic oxidation sites excluding steroid dienone is 7. The number of nitrogens with zero attached hydrogens (tertiary/aromatic N) is 1. The molecule has 0 saturated heterocycles. The zero-order valence-corrected chi connectivity index (χ0v) is 24.4. The molecule has 4 rings (SSSR count). The Morgan fingerprint density at radius 1 is 1.03 bits per heavy atom. The molecule has 0 bridgehead atoms. The Hall–Kier alpha value is -2.71. The van der Waals surface area contributed by atoms with Gasteiger partial charge in [0.25, 0.3) is 0 Å². The number of likely N-dealkylation sites (N-methyl/N-ethyl adjacent to an activating group) is 1. The molecule has 2 aromatic rings. The zero-order chi connectivity index (χ0) is 26.8. The minimum absolute atomic E-state index is 0.00158. The van der Waals surface area contributed by atoms with Gasteiger partial charge in [0.15, 0.2) is 0 Å². The summed E-state index contributed by atoms with van der Waals surface area (Å²) < 4.78 is 0. The van der Waals surface area contributed by atoms with Crippen LogP contribution in [0.15, 0.2) is 94.6 Å². The Kier molecular flexibility index (Phi) is 8.09. The van der Waals surface area contributed by atoms with Gasteiger partial charge in [0, 0.05) is 42.5 Å². The molecule has 1 atom stereocenters. The molecule has 0 amide bonds. The van der Waals surface area contributed by atoms with Gasteiger partial charge in [-0.05, 0) is 70.6 Å². The Labute approximate surface area is 229 Å². The van der Waals surface area contributed by atoms with Crippen LogP contribution >= 0.6 is 11.6 Å². The summed E-state index contributed by atoms with van der Waals surface area (Å²) in [6.07, 6.45) is 12.4. The lowest BCUT2D eigenvalue weighted by molar-refractivity contribution is 0.410. The summed E-state index contributed by atoms with van der Waals surface area (Å²) in [5.41, 5.74) is 9.18. The van der Waals surface area contributed by atoms with Crippen LogP contribution in [0.5, 0.6) is 0 Å². The van der Waals surface area contributed by atoms with Gasteiger partial charge in [-0.1, -0.05) is 107 Å². The van der Waals surface area contributed by atoms with Crippen LogP contribution in [0.2, 0.25) is 0 Å². The first-order valence-electron chi connectivity index (χ1n) is 13.6. The maximum absolute atomic E-state index is 7.02. The third kappa shape index (κ3) is 5.46. The van der Waals surface area contributed by atoms with E-state index in [9.17, 15) is 0 Å². The van der Waals surface area contributed by atoms with Crippen LogP contribution in [0.4, 0.5) is 11.4 Å². The summed E-state index contributed by atoms with van der Waals surface area (Å²) >= 11 is 7.02. The van der Waals surface area contributed by atoms with Crippen LogP contribution in [0, 0.1) is 5.92 Å². The first-order valence-corrected chi connectivity index (χ1v) is 14.0. The lowest BCUT2D eigenvalue weighted by Gasteiger charge is -2.40. The van der Waals surface area contributed by atoms with Crippen molar-refractivity contribution in [2.75, 3.05) is 30.9 Å². The highest BCUT2D eigenvalue weighted by Crippen LogP contribution is 2.43. The normalized spacial score (nSPS) is 21.0. The van der Waals surface area contributed by atoms with Crippen LogP contribution < -0.4 is 10.2 Å². The first-order chi connectivity index (χ1) is 17.6. The van der Waals surface area contributed by atoms with Gasteiger partial charge in [0.2, 0.25) is 0 Å². The topological polar surface area (TPSA) is 15.3 Å². The molecule has 0 fully saturated rings. The van der Waals surface area contributed by atoms with E-state index in [1.54, 1.807) is 0 Å². The standard InChI is InChI=1S/C34H43ClN2/c1-24(33(2,3)28-15-8-10-17-30(28)36-6)19-20-25-13-12-14-26(32(25)35)21-22-27-23-37(7)31-18-11-9-16-29(31)34(27,4)5/h8-11,15-22,24,36H,12-14,23H2,1-7H3/b20-19+,26-21+,27-22-. The number of nitrogens with one attached hydrogen (secondary N) is 1. The number of para-hydroxylation sites is 2. The number of hydrogen-bond acceptors (Lipinski definition) is 2. The average molecular weight is 515 g/mol. The Balaban J connectivity index is 1.58. The second-order valence-electron chi connectivity index (χ2n) is 11.7. The van der Waals surface area contributed by atoms with E-state index in [2.05, 4.69) is 125 Å². The van der Waals surface area contributed by atoms with Crippen molar-refractivity contribution in [3.63, 3.8) is 0 Å². The number of rotatable bonds is 6. The number of hydrogen-bond donors (Lipinski definition) is 1. The van der Waals surface area contributed by atoms with Crippen LogP contribution in [0.3, 0.4) is 0 Å². The highest BCUT2D eigenvalue weighted by molar-refractivity contribution is 6.32. The second-order valence-corrected chi connectivity index (χ2v) is 12.1. The van der Waals surface area contributed by atoms with Crippen molar-refractivity contribution >= 4 is 23.0 Å². The Morgan fingerprint density at radius 3 is 2.49 bits per heavy atom. The molecule has 196 valence electrons. The van der Waals surface area contributed by atoms with E-state index in [0.29, 0.717) is 5.92 Å². The van der Waals surface area contributed by atoms with Gasteiger partial charge >= 0.3 is 0 Å². The minimum Gasteiger partial charge on any atom is -0.388 e. The molecule has 0 spiro atoms. The summed E-state index contributed by atoms with van der Waals surface area (Å²) in [6, 6.07) is 17.4. The third-order valence-corrected chi connectivity index (χ3v) is 9.24. The van der Waals surface area contributed by atoms with Crippen molar-refractivity contribution in [1.29, 1.82) is 0 Å². The second kappa shape index (κ2) is 11.0. The fraction of sp³-hybridized carbons (Fsp3) is 0.412. The average Bonchev–Trinajstić information content (AvgIpc) is 2.89. The molecule has 0 saturated carbocycles. The molecule has 2 aliphatic rings. The largest absolute Gasteiger partial charge is 0.388 e. The van der Waals surface area contributed by atoms with Crippen LogP contribution in [-0.2, 0) is 10.8 Å². The molecule has 2 aromatic carbocycles. The maximum Gasteiger partial charge on any atom is 0.0469 e. The SMILES string of the molecule is CNc1ccccc1C(C)(C)C(C)/C=C/C1=C(Cl)C(=C/C=C2/CN(C)c3ccccc3C2(C)C)/CCC1. The van der Waals surface area contributed by atoms with Gasteiger partial charge in [-0.2, -0.15) is 0 Å². The molecule has 3 heteroatoms. The number of benzene rings is 2. The van der Waals surface area contributed by atoms with E-state index in [1.807, 2.05) is 7.05 Å². The Bertz CT molecular complexity index is 1260. The maximum atomic E-state index is 7.02. The number of fused-ring (bicyclic) bond motifs is 1. The van der Waals surface area contributed by atoms with Crippen molar-refractivity contribution in [3.05, 3.63) is 106 Å². The third-order valence-electron chi connectivity index (χ3n) is 8.76. The summed E-state index contributed by atoms with van der Waals surface area (Å²) in [6.45, 7) is 12.6. The molecule has 1 unspecified atom stereocenters.